The molecule has 0 spiro atoms. The van der Waals surface area contributed by atoms with Crippen molar-refractivity contribution in [1.82, 2.24) is 5.32 Å². The van der Waals surface area contributed by atoms with Crippen molar-refractivity contribution in [2.75, 3.05) is 25.9 Å². The predicted molar refractivity (Wildman–Crippen MR) is 83.3 cm³/mol. The molecule has 0 aromatic carbocycles. The lowest BCUT2D eigenvalue weighted by atomic mass is 10.0. The summed E-state index contributed by atoms with van der Waals surface area (Å²) in [4.78, 5) is 22.2. The van der Waals surface area contributed by atoms with Crippen LogP contribution in [-0.4, -0.2) is 48.7 Å². The standard InChI is InChI=1S/C12H22NO5P.BrH/c14-10(13-6-1-9-19)2-4-12(5-3-11(15)16)17-7-8-18-12;/h1-9,19H2,(H,13,14)(H,15,16);1H. The molecule has 0 aromatic rings. The summed E-state index contributed by atoms with van der Waals surface area (Å²) in [5.41, 5.74) is 0. The summed E-state index contributed by atoms with van der Waals surface area (Å²) in [6, 6.07) is 0. The Balaban J connectivity index is 0.00000361. The van der Waals surface area contributed by atoms with Gasteiger partial charge in [-0.3, -0.25) is 9.59 Å². The molecule has 1 amide bonds. The van der Waals surface area contributed by atoms with Gasteiger partial charge in [0.1, 0.15) is 0 Å². The van der Waals surface area contributed by atoms with E-state index in [0.717, 1.165) is 12.6 Å². The number of hydrogen-bond acceptors (Lipinski definition) is 4. The van der Waals surface area contributed by atoms with Crippen LogP contribution in [0.4, 0.5) is 0 Å². The molecule has 8 heteroatoms. The normalized spacial score (nSPS) is 16.4. The SMILES string of the molecule is Br.O=C(O)CCC1(CCC(=O)NCCCP)OCCO1. The van der Waals surface area contributed by atoms with Crippen LogP contribution in [0.15, 0.2) is 0 Å². The van der Waals surface area contributed by atoms with E-state index in [1.54, 1.807) is 0 Å². The van der Waals surface area contributed by atoms with Gasteiger partial charge in [0, 0.05) is 25.8 Å². The number of halogens is 1. The fourth-order valence-electron chi connectivity index (χ4n) is 1.93. The lowest BCUT2D eigenvalue weighted by Gasteiger charge is -2.26. The first-order chi connectivity index (χ1) is 9.08. The number of nitrogens with one attached hydrogen (secondary N) is 1. The van der Waals surface area contributed by atoms with Gasteiger partial charge in [0.25, 0.3) is 0 Å². The second-order valence-corrected chi connectivity index (χ2v) is 5.07. The molecular formula is C12H23BrNO5P. The number of ether oxygens (including phenoxy) is 2. The van der Waals surface area contributed by atoms with Gasteiger partial charge < -0.3 is 19.9 Å². The highest BCUT2D eigenvalue weighted by Gasteiger charge is 2.36. The maximum Gasteiger partial charge on any atom is 0.303 e. The first-order valence-electron chi connectivity index (χ1n) is 6.54. The van der Waals surface area contributed by atoms with E-state index in [1.807, 2.05) is 0 Å². The van der Waals surface area contributed by atoms with E-state index in [0.29, 0.717) is 26.2 Å². The summed E-state index contributed by atoms with van der Waals surface area (Å²) in [7, 11) is 2.61. The van der Waals surface area contributed by atoms with Gasteiger partial charge in [0.05, 0.1) is 19.6 Å². The summed E-state index contributed by atoms with van der Waals surface area (Å²) in [5, 5.41) is 11.5. The zero-order valence-corrected chi connectivity index (χ0v) is 14.3. The topological polar surface area (TPSA) is 84.9 Å². The van der Waals surface area contributed by atoms with E-state index in [4.69, 9.17) is 14.6 Å². The quantitative estimate of drug-likeness (QED) is 0.471. The van der Waals surface area contributed by atoms with Crippen LogP contribution in [-0.2, 0) is 19.1 Å². The zero-order valence-electron chi connectivity index (χ0n) is 11.4. The van der Waals surface area contributed by atoms with Crippen LogP contribution in [0, 0.1) is 0 Å². The van der Waals surface area contributed by atoms with E-state index in [2.05, 4.69) is 14.6 Å². The Labute approximate surface area is 131 Å². The second-order valence-electron chi connectivity index (χ2n) is 4.49. The summed E-state index contributed by atoms with van der Waals surface area (Å²) >= 11 is 0. The van der Waals surface area contributed by atoms with Crippen LogP contribution in [0.5, 0.6) is 0 Å². The molecule has 1 saturated heterocycles. The van der Waals surface area contributed by atoms with Crippen LogP contribution in [0.3, 0.4) is 0 Å². The van der Waals surface area contributed by atoms with Crippen LogP contribution in [0.1, 0.15) is 32.1 Å². The molecular weight excluding hydrogens is 349 g/mol. The molecule has 0 aromatic heterocycles. The summed E-state index contributed by atoms with van der Waals surface area (Å²) in [5.74, 6) is -1.83. The third kappa shape index (κ3) is 7.53. The predicted octanol–water partition coefficient (Wildman–Crippen LogP) is 1.33. The fourth-order valence-corrected chi connectivity index (χ4v) is 2.13. The molecule has 1 aliphatic rings. The maximum absolute atomic E-state index is 11.6. The summed E-state index contributed by atoms with van der Waals surface area (Å²) in [6.45, 7) is 1.56. The lowest BCUT2D eigenvalue weighted by molar-refractivity contribution is -0.174. The number of amides is 1. The molecule has 20 heavy (non-hydrogen) atoms. The zero-order chi connectivity index (χ0) is 14.1. The molecule has 0 saturated carbocycles. The number of carboxylic acids is 1. The fraction of sp³-hybridized carbons (Fsp3) is 0.833. The molecule has 0 bridgehead atoms. The van der Waals surface area contributed by atoms with Gasteiger partial charge >= 0.3 is 5.97 Å². The average Bonchev–Trinajstić information content (AvgIpc) is 2.84. The van der Waals surface area contributed by atoms with Gasteiger partial charge in [-0.15, -0.1) is 26.2 Å². The minimum Gasteiger partial charge on any atom is -0.481 e. The van der Waals surface area contributed by atoms with Crippen molar-refractivity contribution >= 4 is 38.1 Å². The number of carbonyl (C=O) groups excluding carboxylic acids is 1. The number of rotatable bonds is 9. The summed E-state index contributed by atoms with van der Waals surface area (Å²) in [6.07, 6.45) is 2.82. The Kier molecular flexibility index (Phi) is 10.4. The molecule has 2 N–H and O–H groups in total. The Morgan fingerprint density at radius 3 is 2.35 bits per heavy atom. The van der Waals surface area contributed by atoms with Gasteiger partial charge in [-0.2, -0.15) is 0 Å². The molecule has 0 aliphatic carbocycles. The Hall–Kier alpha value is -0.230. The highest BCUT2D eigenvalue weighted by molar-refractivity contribution is 8.93. The van der Waals surface area contributed by atoms with Crippen molar-refractivity contribution in [2.45, 2.75) is 37.9 Å². The third-order valence-electron chi connectivity index (χ3n) is 2.97. The van der Waals surface area contributed by atoms with Gasteiger partial charge in [-0.1, -0.05) is 0 Å². The van der Waals surface area contributed by atoms with E-state index >= 15 is 0 Å². The first kappa shape index (κ1) is 19.8. The molecule has 0 radical (unpaired) electrons. The number of hydrogen-bond donors (Lipinski definition) is 2. The van der Waals surface area contributed by atoms with Crippen LogP contribution < -0.4 is 5.32 Å². The molecule has 1 aliphatic heterocycles. The Morgan fingerprint density at radius 1 is 1.20 bits per heavy atom. The number of carbonyl (C=O) groups is 2. The first-order valence-corrected chi connectivity index (χ1v) is 7.36. The Morgan fingerprint density at radius 2 is 1.80 bits per heavy atom. The monoisotopic (exact) mass is 371 g/mol. The maximum atomic E-state index is 11.6. The van der Waals surface area contributed by atoms with Gasteiger partial charge in [0.2, 0.25) is 5.91 Å². The van der Waals surface area contributed by atoms with Crippen molar-refractivity contribution in [3.8, 4) is 0 Å². The van der Waals surface area contributed by atoms with E-state index < -0.39 is 11.8 Å². The highest BCUT2D eigenvalue weighted by Crippen LogP contribution is 2.29. The van der Waals surface area contributed by atoms with Gasteiger partial charge in [-0.05, 0) is 12.6 Å². The van der Waals surface area contributed by atoms with E-state index in [9.17, 15) is 9.59 Å². The van der Waals surface area contributed by atoms with Gasteiger partial charge in [-0.25, -0.2) is 0 Å². The van der Waals surface area contributed by atoms with Crippen LogP contribution >= 0.6 is 26.2 Å². The van der Waals surface area contributed by atoms with Crippen LogP contribution in [0.2, 0.25) is 0 Å². The van der Waals surface area contributed by atoms with E-state index in [1.165, 1.54) is 0 Å². The minimum absolute atomic E-state index is 0. The molecule has 1 fully saturated rings. The number of carboxylic acid groups (broad SMARTS) is 1. The van der Waals surface area contributed by atoms with Crippen LogP contribution in [0.25, 0.3) is 0 Å². The van der Waals surface area contributed by atoms with Crippen molar-refractivity contribution in [3.05, 3.63) is 0 Å². The number of aliphatic carboxylic acids is 1. The van der Waals surface area contributed by atoms with Crippen molar-refractivity contribution in [3.63, 3.8) is 0 Å². The molecule has 6 nitrogen and oxygen atoms in total. The van der Waals surface area contributed by atoms with Gasteiger partial charge in [0.15, 0.2) is 5.79 Å². The smallest absolute Gasteiger partial charge is 0.303 e. The largest absolute Gasteiger partial charge is 0.481 e. The molecule has 1 heterocycles. The Bertz CT molecular complexity index is 310. The van der Waals surface area contributed by atoms with Crippen molar-refractivity contribution in [1.29, 1.82) is 0 Å². The molecule has 118 valence electrons. The second kappa shape index (κ2) is 10.5. The third-order valence-corrected chi connectivity index (χ3v) is 3.38. The lowest BCUT2D eigenvalue weighted by Crippen LogP contribution is -2.34. The summed E-state index contributed by atoms with van der Waals surface area (Å²) < 4.78 is 11.0. The van der Waals surface area contributed by atoms with E-state index in [-0.39, 0.29) is 42.2 Å². The molecule has 1 unspecified atom stereocenters. The molecule has 1 atom stereocenters. The molecule has 1 rings (SSSR count). The highest BCUT2D eigenvalue weighted by atomic mass is 79.9. The average molecular weight is 372 g/mol. The van der Waals surface area contributed by atoms with Crippen molar-refractivity contribution < 1.29 is 24.2 Å². The van der Waals surface area contributed by atoms with Crippen molar-refractivity contribution in [2.24, 2.45) is 0 Å². The minimum atomic E-state index is -0.893.